The van der Waals surface area contributed by atoms with Crippen molar-refractivity contribution < 1.29 is 26.8 Å². The summed E-state index contributed by atoms with van der Waals surface area (Å²) in [6.07, 6.45) is 1.18. The highest BCUT2D eigenvalue weighted by Gasteiger charge is 2.35. The molecule has 0 radical (unpaired) electrons. The predicted molar refractivity (Wildman–Crippen MR) is 112 cm³/mol. The fraction of sp³-hybridized carbons (Fsp3) is 0.652. The minimum Gasteiger partial charge on any atom is -0.493 e. The summed E-state index contributed by atoms with van der Waals surface area (Å²) in [5.41, 5.74) is -0.695. The Hall–Kier alpha value is -2.12. The largest absolute Gasteiger partial charge is 0.493 e. The lowest BCUT2D eigenvalue weighted by molar-refractivity contribution is -0.138. The maximum absolute atomic E-state index is 13.6. The highest BCUT2D eigenvalue weighted by molar-refractivity contribution is 5.59. The summed E-state index contributed by atoms with van der Waals surface area (Å²) < 4.78 is 65.0. The summed E-state index contributed by atoms with van der Waals surface area (Å²) in [5.74, 6) is -0.270. The highest BCUT2D eigenvalue weighted by Crippen LogP contribution is 2.38. The Labute approximate surface area is 181 Å². The van der Waals surface area contributed by atoms with Gasteiger partial charge in [-0.3, -0.25) is 0 Å². The number of hydrogen-bond donors (Lipinski definition) is 0. The van der Waals surface area contributed by atoms with Gasteiger partial charge in [0.1, 0.15) is 11.9 Å². The van der Waals surface area contributed by atoms with Gasteiger partial charge in [0.15, 0.2) is 0 Å². The molecule has 2 rings (SSSR count). The van der Waals surface area contributed by atoms with E-state index in [0.29, 0.717) is 12.8 Å². The van der Waals surface area contributed by atoms with Gasteiger partial charge in [0.2, 0.25) is 11.7 Å². The Balaban J connectivity index is 2.08. The van der Waals surface area contributed by atoms with Crippen LogP contribution in [0.2, 0.25) is 0 Å². The molecule has 0 aliphatic carbocycles. The number of halogens is 4. The molecule has 1 unspecified atom stereocenters. The first kappa shape index (κ1) is 25.1. The van der Waals surface area contributed by atoms with Gasteiger partial charge in [0.25, 0.3) is 0 Å². The van der Waals surface area contributed by atoms with Gasteiger partial charge in [0, 0.05) is 11.5 Å². The maximum atomic E-state index is 13.6. The van der Waals surface area contributed by atoms with Crippen molar-refractivity contribution in [2.45, 2.75) is 90.4 Å². The Morgan fingerprint density at radius 2 is 1.77 bits per heavy atom. The first-order valence-corrected chi connectivity index (χ1v) is 11.1. The van der Waals surface area contributed by atoms with Crippen LogP contribution in [0.3, 0.4) is 0 Å². The van der Waals surface area contributed by atoms with Crippen molar-refractivity contribution in [3.05, 3.63) is 29.7 Å². The summed E-state index contributed by atoms with van der Waals surface area (Å²) in [5, 5.41) is 3.79. The summed E-state index contributed by atoms with van der Waals surface area (Å²) in [6.45, 7) is 5.86. The van der Waals surface area contributed by atoms with Gasteiger partial charge in [-0.2, -0.15) is 18.2 Å². The van der Waals surface area contributed by atoms with Crippen molar-refractivity contribution >= 4 is 0 Å². The van der Waals surface area contributed by atoms with Gasteiger partial charge < -0.3 is 9.26 Å². The lowest BCUT2D eigenvalue weighted by Gasteiger charge is -2.15. The van der Waals surface area contributed by atoms with Crippen LogP contribution in [0.15, 0.2) is 22.7 Å². The Bertz CT molecular complexity index is 792. The quantitative estimate of drug-likeness (QED) is 0.234. The number of unbranched alkanes of at least 4 members (excludes halogenated alkanes) is 5. The molecule has 4 nitrogen and oxygen atoms in total. The first-order chi connectivity index (χ1) is 14.8. The molecule has 2 atom stereocenters. The summed E-state index contributed by atoms with van der Waals surface area (Å²) >= 11 is 0. The van der Waals surface area contributed by atoms with E-state index in [9.17, 15) is 17.6 Å². The van der Waals surface area contributed by atoms with E-state index in [4.69, 9.17) is 9.26 Å². The van der Waals surface area contributed by atoms with Gasteiger partial charge in [-0.15, -0.1) is 0 Å². The normalized spacial score (nSPS) is 13.9. The predicted octanol–water partition coefficient (Wildman–Crippen LogP) is 7.74. The Kier molecular flexibility index (Phi) is 9.78. The van der Waals surface area contributed by atoms with Crippen molar-refractivity contribution in [1.82, 2.24) is 10.1 Å². The topological polar surface area (TPSA) is 48.2 Å². The zero-order chi connectivity index (χ0) is 22.9. The SMILES string of the molecule is CCCCCCCCOc1ccc(-c2noc([C@@H](C)CC(F)CC)n2)cc1C(F)(F)F. The molecular weight excluding hydrogens is 412 g/mol. The molecule has 31 heavy (non-hydrogen) atoms. The number of rotatable bonds is 13. The van der Waals surface area contributed by atoms with Crippen LogP contribution in [-0.2, 0) is 6.18 Å². The molecule has 0 amide bonds. The molecule has 0 fully saturated rings. The third kappa shape index (κ3) is 7.82. The van der Waals surface area contributed by atoms with Crippen LogP contribution in [0.4, 0.5) is 17.6 Å². The second-order valence-electron chi connectivity index (χ2n) is 7.92. The van der Waals surface area contributed by atoms with E-state index in [1.54, 1.807) is 13.8 Å². The van der Waals surface area contributed by atoms with Gasteiger partial charge in [0.05, 0.1) is 12.2 Å². The molecule has 174 valence electrons. The van der Waals surface area contributed by atoms with Crippen LogP contribution in [0.25, 0.3) is 11.4 Å². The molecule has 8 heteroatoms. The average Bonchev–Trinajstić information content (AvgIpc) is 3.22. The summed E-state index contributed by atoms with van der Waals surface area (Å²) in [6, 6.07) is 3.75. The molecule has 0 bridgehead atoms. The molecular formula is C23H32F4N2O2. The molecule has 1 heterocycles. The molecule has 1 aromatic heterocycles. The summed E-state index contributed by atoms with van der Waals surface area (Å²) in [4.78, 5) is 4.18. The minimum atomic E-state index is -4.57. The maximum Gasteiger partial charge on any atom is 0.419 e. The van der Waals surface area contributed by atoms with Crippen molar-refractivity contribution in [2.75, 3.05) is 6.61 Å². The highest BCUT2D eigenvalue weighted by atomic mass is 19.4. The van der Waals surface area contributed by atoms with Crippen molar-refractivity contribution in [1.29, 1.82) is 0 Å². The van der Waals surface area contributed by atoms with Gasteiger partial charge in [-0.25, -0.2) is 4.39 Å². The molecule has 0 aliphatic heterocycles. The zero-order valence-electron chi connectivity index (χ0n) is 18.5. The number of benzene rings is 1. The van der Waals surface area contributed by atoms with E-state index in [-0.39, 0.29) is 42.0 Å². The van der Waals surface area contributed by atoms with E-state index >= 15 is 0 Å². The number of hydrogen-bond acceptors (Lipinski definition) is 4. The number of nitrogens with zero attached hydrogens (tertiary/aromatic N) is 2. The number of alkyl halides is 4. The monoisotopic (exact) mass is 444 g/mol. The second-order valence-corrected chi connectivity index (χ2v) is 7.92. The third-order valence-corrected chi connectivity index (χ3v) is 5.21. The first-order valence-electron chi connectivity index (χ1n) is 11.1. The van der Waals surface area contributed by atoms with E-state index in [1.165, 1.54) is 18.6 Å². The lowest BCUT2D eigenvalue weighted by Crippen LogP contribution is -2.10. The summed E-state index contributed by atoms with van der Waals surface area (Å²) in [7, 11) is 0. The van der Waals surface area contributed by atoms with E-state index in [1.807, 2.05) is 0 Å². The third-order valence-electron chi connectivity index (χ3n) is 5.21. The minimum absolute atomic E-state index is 0.0433. The van der Waals surface area contributed by atoms with Crippen molar-refractivity contribution in [3.63, 3.8) is 0 Å². The Morgan fingerprint density at radius 3 is 2.45 bits per heavy atom. The number of ether oxygens (including phenoxy) is 1. The van der Waals surface area contributed by atoms with Gasteiger partial charge in [-0.1, -0.05) is 58.0 Å². The van der Waals surface area contributed by atoms with Crippen LogP contribution < -0.4 is 4.74 Å². The molecule has 1 aromatic carbocycles. The van der Waals surface area contributed by atoms with Crippen molar-refractivity contribution in [3.8, 4) is 17.1 Å². The molecule has 2 aromatic rings. The lowest BCUT2D eigenvalue weighted by atomic mass is 10.0. The van der Waals surface area contributed by atoms with Crippen molar-refractivity contribution in [2.24, 2.45) is 0 Å². The van der Waals surface area contributed by atoms with Crippen LogP contribution in [-0.4, -0.2) is 22.9 Å². The smallest absolute Gasteiger partial charge is 0.419 e. The fourth-order valence-electron chi connectivity index (χ4n) is 3.28. The molecule has 0 spiro atoms. The molecule has 0 aliphatic rings. The average molecular weight is 445 g/mol. The van der Waals surface area contributed by atoms with Crippen LogP contribution >= 0.6 is 0 Å². The van der Waals surface area contributed by atoms with E-state index in [0.717, 1.165) is 31.7 Å². The second kappa shape index (κ2) is 12.1. The molecule has 0 N–H and O–H groups in total. The van der Waals surface area contributed by atoms with Crippen LogP contribution in [0.5, 0.6) is 5.75 Å². The Morgan fingerprint density at radius 1 is 1.06 bits per heavy atom. The van der Waals surface area contributed by atoms with Crippen LogP contribution in [0, 0.1) is 0 Å². The molecule has 0 saturated heterocycles. The van der Waals surface area contributed by atoms with E-state index in [2.05, 4.69) is 17.1 Å². The van der Waals surface area contributed by atoms with Gasteiger partial charge in [-0.05, 0) is 37.5 Å². The van der Waals surface area contributed by atoms with Gasteiger partial charge >= 0.3 is 6.18 Å². The number of aromatic nitrogens is 2. The van der Waals surface area contributed by atoms with Crippen LogP contribution in [0.1, 0.15) is 89.5 Å². The fourth-order valence-corrected chi connectivity index (χ4v) is 3.28. The standard InChI is InChI=1S/C23H32F4N2O2/c1-4-6-7-8-9-10-13-30-20-12-11-17(15-19(20)23(25,26)27)21-28-22(31-29-21)16(3)14-18(24)5-2/h11-12,15-16,18H,4-10,13-14H2,1-3H3/t16-,18?/m0/s1. The molecule has 0 saturated carbocycles. The zero-order valence-corrected chi connectivity index (χ0v) is 18.5. The van der Waals surface area contributed by atoms with E-state index < -0.39 is 17.9 Å².